The molecule has 6 nitrogen and oxygen atoms in total. The summed E-state index contributed by atoms with van der Waals surface area (Å²) < 4.78 is 67.5. The minimum absolute atomic E-state index is 0.0138. The van der Waals surface area contributed by atoms with Crippen molar-refractivity contribution in [2.24, 2.45) is 0 Å². The number of hydrogen-bond donors (Lipinski definition) is 2. The number of anilines is 1. The average molecular weight is 417 g/mol. The Hall–Kier alpha value is -2.59. The number of alkyl halides is 3. The third-order valence-electron chi connectivity index (χ3n) is 3.85. The molecule has 2 N–H and O–H groups in total. The molecule has 0 radical (unpaired) electrons. The number of benzene rings is 2. The van der Waals surface area contributed by atoms with E-state index in [1.54, 1.807) is 0 Å². The molecule has 0 saturated heterocycles. The molecule has 0 bridgehead atoms. The summed E-state index contributed by atoms with van der Waals surface area (Å²) in [5.41, 5.74) is -3.24. The molecule has 1 atom stereocenters. The lowest BCUT2D eigenvalue weighted by Crippen LogP contribution is -2.45. The van der Waals surface area contributed by atoms with E-state index in [2.05, 4.69) is 5.32 Å². The van der Waals surface area contributed by atoms with Crippen LogP contribution in [0.3, 0.4) is 0 Å². The van der Waals surface area contributed by atoms with E-state index in [9.17, 15) is 31.5 Å². The third kappa shape index (κ3) is 5.23. The van der Waals surface area contributed by atoms with Crippen LogP contribution in [0, 0.1) is 0 Å². The van der Waals surface area contributed by atoms with Crippen LogP contribution in [0.25, 0.3) is 0 Å². The van der Waals surface area contributed by atoms with Gasteiger partial charge in [0.1, 0.15) is 5.75 Å². The number of rotatable bonds is 6. The van der Waals surface area contributed by atoms with Crippen molar-refractivity contribution in [3.63, 3.8) is 0 Å². The zero-order valence-electron chi connectivity index (χ0n) is 14.9. The highest BCUT2D eigenvalue weighted by atomic mass is 32.2. The van der Waals surface area contributed by atoms with Crippen LogP contribution in [-0.4, -0.2) is 37.9 Å². The molecule has 0 aliphatic heterocycles. The van der Waals surface area contributed by atoms with E-state index in [1.165, 1.54) is 31.4 Å². The first-order chi connectivity index (χ1) is 12.8. The second-order valence-electron chi connectivity index (χ2n) is 6.24. The molecule has 152 valence electrons. The van der Waals surface area contributed by atoms with E-state index < -0.39 is 38.8 Å². The SMILES string of the molecule is COc1ccc(S(=O)(=O)C[C@@](C)(O)C(=O)Nc2ccc(C(F)(F)F)cc2)cc1. The van der Waals surface area contributed by atoms with Crippen molar-refractivity contribution in [3.05, 3.63) is 54.1 Å². The fourth-order valence-electron chi connectivity index (χ4n) is 2.31. The lowest BCUT2D eigenvalue weighted by atomic mass is 10.1. The van der Waals surface area contributed by atoms with Gasteiger partial charge in [0.15, 0.2) is 15.4 Å². The van der Waals surface area contributed by atoms with E-state index in [4.69, 9.17) is 4.74 Å². The Kier molecular flexibility index (Phi) is 6.05. The number of nitrogens with one attached hydrogen (secondary N) is 1. The summed E-state index contributed by atoms with van der Waals surface area (Å²) in [5, 5.41) is 12.5. The Labute approximate surface area is 159 Å². The van der Waals surface area contributed by atoms with Crippen LogP contribution in [-0.2, 0) is 20.8 Å². The molecule has 0 unspecified atom stereocenters. The first-order valence-electron chi connectivity index (χ1n) is 7.93. The summed E-state index contributed by atoms with van der Waals surface area (Å²) >= 11 is 0. The van der Waals surface area contributed by atoms with E-state index in [1.807, 2.05) is 0 Å². The van der Waals surface area contributed by atoms with Crippen LogP contribution in [0.1, 0.15) is 12.5 Å². The van der Waals surface area contributed by atoms with Crippen molar-refractivity contribution in [3.8, 4) is 5.75 Å². The quantitative estimate of drug-likeness (QED) is 0.754. The average Bonchev–Trinajstić information content (AvgIpc) is 2.60. The molecule has 2 rings (SSSR count). The summed E-state index contributed by atoms with van der Waals surface area (Å²) in [6.45, 7) is 1.01. The molecule has 0 aromatic heterocycles. The second kappa shape index (κ2) is 7.80. The number of halogens is 3. The van der Waals surface area contributed by atoms with Gasteiger partial charge in [-0.3, -0.25) is 4.79 Å². The summed E-state index contributed by atoms with van der Waals surface area (Å²) in [5.74, 6) is -1.55. The maximum Gasteiger partial charge on any atom is 0.416 e. The zero-order valence-corrected chi connectivity index (χ0v) is 15.8. The van der Waals surface area contributed by atoms with Gasteiger partial charge >= 0.3 is 6.18 Å². The van der Waals surface area contributed by atoms with Gasteiger partial charge in [0, 0.05) is 5.69 Å². The van der Waals surface area contributed by atoms with Gasteiger partial charge in [0.05, 0.1) is 23.3 Å². The highest BCUT2D eigenvalue weighted by Crippen LogP contribution is 2.30. The highest BCUT2D eigenvalue weighted by Gasteiger charge is 2.37. The molecule has 0 aliphatic carbocycles. The van der Waals surface area contributed by atoms with Gasteiger partial charge in [0.25, 0.3) is 5.91 Å². The van der Waals surface area contributed by atoms with Gasteiger partial charge in [-0.25, -0.2) is 8.42 Å². The lowest BCUT2D eigenvalue weighted by molar-refractivity contribution is -0.137. The summed E-state index contributed by atoms with van der Waals surface area (Å²) in [7, 11) is -2.60. The van der Waals surface area contributed by atoms with Crippen molar-refractivity contribution < 1.29 is 36.2 Å². The molecular weight excluding hydrogens is 399 g/mol. The van der Waals surface area contributed by atoms with Gasteiger partial charge in [0.2, 0.25) is 0 Å². The highest BCUT2D eigenvalue weighted by molar-refractivity contribution is 7.91. The maximum absolute atomic E-state index is 12.6. The standard InChI is InChI=1S/C18H18F3NO5S/c1-17(24,11-28(25,26)15-9-7-14(27-2)8-10-15)16(23)22-13-5-3-12(4-6-13)18(19,20)21/h3-10,24H,11H2,1-2H3,(H,22,23)/t17-/m1/s1. The van der Waals surface area contributed by atoms with Crippen molar-refractivity contribution >= 4 is 21.4 Å². The van der Waals surface area contributed by atoms with Crippen molar-refractivity contribution in [1.29, 1.82) is 0 Å². The largest absolute Gasteiger partial charge is 0.497 e. The van der Waals surface area contributed by atoms with E-state index in [-0.39, 0.29) is 10.6 Å². The van der Waals surface area contributed by atoms with Gasteiger partial charge < -0.3 is 15.2 Å². The molecule has 0 saturated carbocycles. The number of carbonyl (C=O) groups excluding carboxylic acids is 1. The molecule has 0 spiro atoms. The van der Waals surface area contributed by atoms with Crippen molar-refractivity contribution in [2.75, 3.05) is 18.2 Å². The monoisotopic (exact) mass is 417 g/mol. The molecular formula is C18H18F3NO5S. The predicted molar refractivity (Wildman–Crippen MR) is 95.7 cm³/mol. The van der Waals surface area contributed by atoms with Crippen LogP contribution >= 0.6 is 0 Å². The zero-order chi connectivity index (χ0) is 21.2. The van der Waals surface area contributed by atoms with Crippen LogP contribution in [0.15, 0.2) is 53.4 Å². The number of sulfone groups is 1. The van der Waals surface area contributed by atoms with Crippen LogP contribution in [0.2, 0.25) is 0 Å². The molecule has 28 heavy (non-hydrogen) atoms. The number of hydrogen-bond acceptors (Lipinski definition) is 5. The minimum atomic E-state index is -4.53. The Balaban J connectivity index is 2.13. The lowest BCUT2D eigenvalue weighted by Gasteiger charge is -2.22. The first-order valence-corrected chi connectivity index (χ1v) is 9.58. The predicted octanol–water partition coefficient (Wildman–Crippen LogP) is 2.88. The molecule has 0 aliphatic rings. The number of ether oxygens (including phenoxy) is 1. The number of carbonyl (C=O) groups is 1. The maximum atomic E-state index is 12.6. The van der Waals surface area contributed by atoms with Crippen LogP contribution in [0.5, 0.6) is 5.75 Å². The number of amides is 1. The molecule has 2 aromatic carbocycles. The van der Waals surface area contributed by atoms with Gasteiger partial charge in [-0.2, -0.15) is 13.2 Å². The molecule has 2 aromatic rings. The van der Waals surface area contributed by atoms with Crippen molar-refractivity contribution in [1.82, 2.24) is 0 Å². The third-order valence-corrected chi connectivity index (χ3v) is 5.78. The Morgan fingerprint density at radius 2 is 1.61 bits per heavy atom. The Morgan fingerprint density at radius 3 is 2.07 bits per heavy atom. The van der Waals surface area contributed by atoms with Gasteiger partial charge in [-0.15, -0.1) is 0 Å². The Bertz CT molecular complexity index is 937. The molecule has 10 heteroatoms. The fourth-order valence-corrected chi connectivity index (χ4v) is 3.90. The summed E-state index contributed by atoms with van der Waals surface area (Å²) in [6.07, 6.45) is -4.53. The second-order valence-corrected chi connectivity index (χ2v) is 8.23. The summed E-state index contributed by atoms with van der Waals surface area (Å²) in [4.78, 5) is 12.1. The molecule has 0 fully saturated rings. The fraction of sp³-hybridized carbons (Fsp3) is 0.278. The number of methoxy groups -OCH3 is 1. The smallest absolute Gasteiger partial charge is 0.416 e. The van der Waals surface area contributed by atoms with Crippen LogP contribution < -0.4 is 10.1 Å². The molecule has 1 amide bonds. The van der Waals surface area contributed by atoms with E-state index in [0.717, 1.165) is 31.2 Å². The summed E-state index contributed by atoms with van der Waals surface area (Å²) in [6, 6.07) is 8.93. The number of aliphatic hydroxyl groups is 1. The van der Waals surface area contributed by atoms with Crippen LogP contribution in [0.4, 0.5) is 18.9 Å². The van der Waals surface area contributed by atoms with Gasteiger partial charge in [-0.1, -0.05) is 0 Å². The van der Waals surface area contributed by atoms with Crippen molar-refractivity contribution in [2.45, 2.75) is 23.6 Å². The topological polar surface area (TPSA) is 92.7 Å². The normalized spacial score (nSPS) is 14.2. The van der Waals surface area contributed by atoms with E-state index in [0.29, 0.717) is 5.75 Å². The van der Waals surface area contributed by atoms with Gasteiger partial charge in [-0.05, 0) is 55.5 Å². The Morgan fingerprint density at radius 1 is 1.07 bits per heavy atom. The minimum Gasteiger partial charge on any atom is -0.497 e. The first kappa shape index (κ1) is 21.7. The van der Waals surface area contributed by atoms with E-state index >= 15 is 0 Å². The molecule has 0 heterocycles.